The van der Waals surface area contributed by atoms with Crippen molar-refractivity contribution < 1.29 is 4.79 Å². The SMILES string of the molecule is Cc1cc(S[C@@H](C)C(=O)NCc2ccccc2)nc2ccccc12. The maximum atomic E-state index is 12.3. The summed E-state index contributed by atoms with van der Waals surface area (Å²) in [6.45, 7) is 4.54. The van der Waals surface area contributed by atoms with Gasteiger partial charge in [0.15, 0.2) is 0 Å². The second kappa shape index (κ2) is 7.49. The van der Waals surface area contributed by atoms with E-state index in [1.807, 2.05) is 61.5 Å². The summed E-state index contributed by atoms with van der Waals surface area (Å²) in [6, 6.07) is 20.1. The van der Waals surface area contributed by atoms with Crippen molar-refractivity contribution in [3.8, 4) is 0 Å². The van der Waals surface area contributed by atoms with E-state index in [0.29, 0.717) is 6.54 Å². The summed E-state index contributed by atoms with van der Waals surface area (Å²) < 4.78 is 0. The standard InChI is InChI=1S/C20H20N2OS/c1-14-12-19(22-18-11-7-6-10-17(14)18)24-15(2)20(23)21-13-16-8-4-3-5-9-16/h3-12,15H,13H2,1-2H3,(H,21,23)/t15-/m0/s1. The van der Waals surface area contributed by atoms with Crippen molar-refractivity contribution >= 4 is 28.6 Å². The van der Waals surface area contributed by atoms with Crippen LogP contribution in [0.4, 0.5) is 0 Å². The average Bonchev–Trinajstić information content (AvgIpc) is 2.60. The Morgan fingerprint density at radius 2 is 1.83 bits per heavy atom. The van der Waals surface area contributed by atoms with Crippen molar-refractivity contribution in [2.75, 3.05) is 0 Å². The summed E-state index contributed by atoms with van der Waals surface area (Å²) in [5, 5.41) is 4.83. The molecule has 0 unspecified atom stereocenters. The Bertz CT molecular complexity index is 849. The van der Waals surface area contributed by atoms with E-state index in [9.17, 15) is 4.79 Å². The lowest BCUT2D eigenvalue weighted by Crippen LogP contribution is -2.30. The number of fused-ring (bicyclic) bond motifs is 1. The van der Waals surface area contributed by atoms with Crippen LogP contribution in [-0.4, -0.2) is 16.1 Å². The van der Waals surface area contributed by atoms with E-state index in [0.717, 1.165) is 21.5 Å². The van der Waals surface area contributed by atoms with Gasteiger partial charge in [0.1, 0.15) is 0 Å². The van der Waals surface area contributed by atoms with Crippen LogP contribution in [0, 0.1) is 6.92 Å². The molecule has 0 saturated heterocycles. The zero-order valence-corrected chi connectivity index (χ0v) is 14.6. The van der Waals surface area contributed by atoms with Crippen LogP contribution >= 0.6 is 11.8 Å². The van der Waals surface area contributed by atoms with Crippen LogP contribution in [-0.2, 0) is 11.3 Å². The summed E-state index contributed by atoms with van der Waals surface area (Å²) in [4.78, 5) is 17.0. The third-order valence-corrected chi connectivity index (χ3v) is 4.89. The van der Waals surface area contributed by atoms with Crippen molar-refractivity contribution in [1.29, 1.82) is 0 Å². The quantitative estimate of drug-likeness (QED) is 0.705. The summed E-state index contributed by atoms with van der Waals surface area (Å²) >= 11 is 1.49. The minimum atomic E-state index is -0.193. The molecule has 0 aliphatic carbocycles. The van der Waals surface area contributed by atoms with Gasteiger partial charge in [0.25, 0.3) is 0 Å². The monoisotopic (exact) mass is 336 g/mol. The van der Waals surface area contributed by atoms with E-state index in [2.05, 4.69) is 23.3 Å². The van der Waals surface area contributed by atoms with Gasteiger partial charge in [-0.05, 0) is 37.1 Å². The molecular weight excluding hydrogens is 316 g/mol. The number of hydrogen-bond donors (Lipinski definition) is 1. The fraction of sp³-hybridized carbons (Fsp3) is 0.200. The number of para-hydroxylation sites is 1. The van der Waals surface area contributed by atoms with Crippen molar-refractivity contribution in [2.45, 2.75) is 30.7 Å². The molecule has 0 fully saturated rings. The van der Waals surface area contributed by atoms with E-state index in [4.69, 9.17) is 0 Å². The number of hydrogen-bond acceptors (Lipinski definition) is 3. The first-order chi connectivity index (χ1) is 11.6. The number of pyridine rings is 1. The van der Waals surface area contributed by atoms with Crippen LogP contribution in [0.5, 0.6) is 0 Å². The van der Waals surface area contributed by atoms with Crippen LogP contribution < -0.4 is 5.32 Å². The predicted molar refractivity (Wildman–Crippen MR) is 100 cm³/mol. The fourth-order valence-electron chi connectivity index (χ4n) is 2.54. The lowest BCUT2D eigenvalue weighted by molar-refractivity contribution is -0.120. The molecule has 0 aliphatic rings. The Hall–Kier alpha value is -2.33. The zero-order valence-electron chi connectivity index (χ0n) is 13.8. The van der Waals surface area contributed by atoms with Crippen LogP contribution in [0.3, 0.4) is 0 Å². The van der Waals surface area contributed by atoms with Crippen molar-refractivity contribution in [2.24, 2.45) is 0 Å². The van der Waals surface area contributed by atoms with Gasteiger partial charge < -0.3 is 5.32 Å². The largest absolute Gasteiger partial charge is 0.351 e. The van der Waals surface area contributed by atoms with Gasteiger partial charge in [-0.3, -0.25) is 4.79 Å². The normalized spacial score (nSPS) is 12.1. The van der Waals surface area contributed by atoms with E-state index in [1.165, 1.54) is 17.3 Å². The number of aromatic nitrogens is 1. The van der Waals surface area contributed by atoms with Gasteiger partial charge in [0, 0.05) is 11.9 Å². The molecule has 3 nitrogen and oxygen atoms in total. The van der Waals surface area contributed by atoms with Gasteiger partial charge in [-0.2, -0.15) is 0 Å². The van der Waals surface area contributed by atoms with Gasteiger partial charge in [0.05, 0.1) is 15.8 Å². The Balaban J connectivity index is 1.65. The number of benzene rings is 2. The smallest absolute Gasteiger partial charge is 0.233 e. The summed E-state index contributed by atoms with van der Waals surface area (Å²) in [6.07, 6.45) is 0. The van der Waals surface area contributed by atoms with Gasteiger partial charge in [-0.1, -0.05) is 60.3 Å². The molecule has 3 aromatic rings. The fourth-order valence-corrected chi connectivity index (χ4v) is 3.49. The maximum absolute atomic E-state index is 12.3. The maximum Gasteiger partial charge on any atom is 0.233 e. The Labute approximate surface area is 146 Å². The molecule has 3 rings (SSSR count). The van der Waals surface area contributed by atoms with Crippen molar-refractivity contribution in [3.05, 3.63) is 71.8 Å². The lowest BCUT2D eigenvalue weighted by Gasteiger charge is -2.13. The topological polar surface area (TPSA) is 42.0 Å². The van der Waals surface area contributed by atoms with Gasteiger partial charge in [-0.15, -0.1) is 0 Å². The molecule has 2 aromatic carbocycles. The Morgan fingerprint density at radius 3 is 2.62 bits per heavy atom. The first kappa shape index (κ1) is 16.5. The minimum absolute atomic E-state index is 0.0245. The highest BCUT2D eigenvalue weighted by atomic mass is 32.2. The number of thioether (sulfide) groups is 1. The first-order valence-corrected chi connectivity index (χ1v) is 8.86. The van der Waals surface area contributed by atoms with Crippen LogP contribution in [0.1, 0.15) is 18.1 Å². The highest BCUT2D eigenvalue weighted by Crippen LogP contribution is 2.26. The molecule has 0 saturated carbocycles. The molecule has 0 radical (unpaired) electrons. The molecule has 24 heavy (non-hydrogen) atoms. The number of nitrogens with one attached hydrogen (secondary N) is 1. The third-order valence-electron chi connectivity index (χ3n) is 3.88. The molecule has 0 aliphatic heterocycles. The first-order valence-electron chi connectivity index (χ1n) is 7.98. The van der Waals surface area contributed by atoms with Crippen LogP contribution in [0.15, 0.2) is 65.7 Å². The number of nitrogens with zero attached hydrogens (tertiary/aromatic N) is 1. The van der Waals surface area contributed by atoms with Crippen molar-refractivity contribution in [1.82, 2.24) is 10.3 Å². The highest BCUT2D eigenvalue weighted by molar-refractivity contribution is 8.00. The van der Waals surface area contributed by atoms with E-state index < -0.39 is 0 Å². The Morgan fingerprint density at radius 1 is 1.12 bits per heavy atom. The third kappa shape index (κ3) is 3.95. The molecule has 1 aromatic heterocycles. The van der Waals surface area contributed by atoms with E-state index in [-0.39, 0.29) is 11.2 Å². The van der Waals surface area contributed by atoms with Gasteiger partial charge in [-0.25, -0.2) is 4.98 Å². The minimum Gasteiger partial charge on any atom is -0.351 e. The second-order valence-corrected chi connectivity index (χ2v) is 7.12. The number of amides is 1. The van der Waals surface area contributed by atoms with Crippen LogP contribution in [0.25, 0.3) is 10.9 Å². The molecule has 1 atom stereocenters. The van der Waals surface area contributed by atoms with Crippen LogP contribution in [0.2, 0.25) is 0 Å². The van der Waals surface area contributed by atoms with E-state index >= 15 is 0 Å². The predicted octanol–water partition coefficient (Wildman–Crippen LogP) is 4.34. The number of rotatable bonds is 5. The molecule has 1 N–H and O–H groups in total. The molecule has 4 heteroatoms. The molecule has 1 amide bonds. The second-order valence-electron chi connectivity index (χ2n) is 5.76. The van der Waals surface area contributed by atoms with Gasteiger partial charge >= 0.3 is 0 Å². The molecule has 1 heterocycles. The van der Waals surface area contributed by atoms with Gasteiger partial charge in [0.2, 0.25) is 5.91 Å². The molecular formula is C20H20N2OS. The lowest BCUT2D eigenvalue weighted by atomic mass is 10.1. The van der Waals surface area contributed by atoms with E-state index in [1.54, 1.807) is 0 Å². The molecule has 0 spiro atoms. The average molecular weight is 336 g/mol. The zero-order chi connectivity index (χ0) is 16.9. The Kier molecular flexibility index (Phi) is 5.16. The summed E-state index contributed by atoms with van der Waals surface area (Å²) in [7, 11) is 0. The summed E-state index contributed by atoms with van der Waals surface area (Å²) in [5.41, 5.74) is 3.25. The number of aryl methyl sites for hydroxylation is 1. The number of carbonyl (C=O) groups is 1. The summed E-state index contributed by atoms with van der Waals surface area (Å²) in [5.74, 6) is 0.0245. The van der Waals surface area contributed by atoms with Crippen molar-refractivity contribution in [3.63, 3.8) is 0 Å². The molecule has 0 bridgehead atoms. The highest BCUT2D eigenvalue weighted by Gasteiger charge is 2.15. The number of carbonyl (C=O) groups excluding carboxylic acids is 1. The molecule has 122 valence electrons.